The van der Waals surface area contributed by atoms with E-state index < -0.39 is 0 Å². The summed E-state index contributed by atoms with van der Waals surface area (Å²) in [6, 6.07) is 0.794. The molecule has 0 aromatic rings. The molecular weight excluding hydrogens is 198 g/mol. The van der Waals surface area contributed by atoms with Crippen LogP contribution in [0.25, 0.3) is 0 Å². The third-order valence-corrected chi connectivity index (χ3v) is 4.05. The van der Waals surface area contributed by atoms with Gasteiger partial charge in [-0.05, 0) is 31.6 Å². The minimum Gasteiger partial charge on any atom is -0.381 e. The van der Waals surface area contributed by atoms with Crippen molar-refractivity contribution in [3.63, 3.8) is 0 Å². The lowest BCUT2D eigenvalue weighted by molar-refractivity contribution is 0.0534. The van der Waals surface area contributed by atoms with Crippen LogP contribution in [0.2, 0.25) is 0 Å². The lowest BCUT2D eigenvalue weighted by Gasteiger charge is -2.26. The van der Waals surface area contributed by atoms with Gasteiger partial charge >= 0.3 is 0 Å². The summed E-state index contributed by atoms with van der Waals surface area (Å²) in [4.78, 5) is 0. The molecule has 1 saturated carbocycles. The molecule has 1 N–H and O–H groups in total. The van der Waals surface area contributed by atoms with Crippen LogP contribution in [-0.2, 0) is 4.74 Å². The van der Waals surface area contributed by atoms with Crippen LogP contribution >= 0.6 is 0 Å². The van der Waals surface area contributed by atoms with Gasteiger partial charge in [0.1, 0.15) is 0 Å². The van der Waals surface area contributed by atoms with E-state index in [0.29, 0.717) is 0 Å². The van der Waals surface area contributed by atoms with E-state index in [4.69, 9.17) is 4.74 Å². The van der Waals surface area contributed by atoms with Gasteiger partial charge in [0.15, 0.2) is 0 Å². The van der Waals surface area contributed by atoms with Gasteiger partial charge < -0.3 is 10.1 Å². The van der Waals surface area contributed by atoms with Crippen molar-refractivity contribution in [2.75, 3.05) is 19.8 Å². The summed E-state index contributed by atoms with van der Waals surface area (Å²) in [5.41, 5.74) is 0. The van der Waals surface area contributed by atoms with Crippen molar-refractivity contribution in [2.45, 2.75) is 63.8 Å². The van der Waals surface area contributed by atoms with Gasteiger partial charge in [0.2, 0.25) is 0 Å². The van der Waals surface area contributed by atoms with E-state index in [1.807, 2.05) is 0 Å². The van der Waals surface area contributed by atoms with Crippen LogP contribution in [0.5, 0.6) is 0 Å². The zero-order chi connectivity index (χ0) is 11.1. The average Bonchev–Trinajstić information content (AvgIpc) is 2.29. The predicted molar refractivity (Wildman–Crippen MR) is 67.7 cm³/mol. The minimum atomic E-state index is 0.777. The number of nitrogens with one attached hydrogen (secondary N) is 1. The summed E-state index contributed by atoms with van der Waals surface area (Å²) in [5.74, 6) is 0.777. The molecule has 0 bridgehead atoms. The highest BCUT2D eigenvalue weighted by atomic mass is 16.5. The monoisotopic (exact) mass is 225 g/mol. The number of rotatable bonds is 3. The molecule has 0 spiro atoms. The van der Waals surface area contributed by atoms with E-state index in [2.05, 4.69) is 5.32 Å². The van der Waals surface area contributed by atoms with Gasteiger partial charge in [-0.3, -0.25) is 0 Å². The second-order valence-electron chi connectivity index (χ2n) is 5.53. The van der Waals surface area contributed by atoms with Gasteiger partial charge in [0.25, 0.3) is 0 Å². The van der Waals surface area contributed by atoms with E-state index in [1.54, 1.807) is 0 Å². The van der Waals surface area contributed by atoms with E-state index in [-0.39, 0.29) is 0 Å². The maximum absolute atomic E-state index is 5.53. The molecule has 2 heteroatoms. The van der Waals surface area contributed by atoms with Crippen molar-refractivity contribution in [1.29, 1.82) is 0 Å². The summed E-state index contributed by atoms with van der Waals surface area (Å²) in [6.07, 6.45) is 12.6. The molecule has 0 aromatic heterocycles. The van der Waals surface area contributed by atoms with Crippen LogP contribution in [0.3, 0.4) is 0 Å². The zero-order valence-electron chi connectivity index (χ0n) is 10.5. The van der Waals surface area contributed by atoms with Gasteiger partial charge in [-0.1, -0.05) is 32.1 Å². The van der Waals surface area contributed by atoms with Crippen molar-refractivity contribution in [2.24, 2.45) is 5.92 Å². The van der Waals surface area contributed by atoms with Crippen LogP contribution in [-0.4, -0.2) is 25.8 Å². The quantitative estimate of drug-likeness (QED) is 0.797. The third-order valence-electron chi connectivity index (χ3n) is 4.05. The normalized spacial score (nSPS) is 29.6. The first kappa shape index (κ1) is 12.4. The second-order valence-corrected chi connectivity index (χ2v) is 5.53. The van der Waals surface area contributed by atoms with Crippen LogP contribution < -0.4 is 5.32 Å². The number of hydrogen-bond acceptors (Lipinski definition) is 2. The van der Waals surface area contributed by atoms with Gasteiger partial charge in [0, 0.05) is 19.2 Å². The summed E-state index contributed by atoms with van der Waals surface area (Å²) in [7, 11) is 0. The fourth-order valence-electron chi connectivity index (χ4n) is 2.96. The summed E-state index contributed by atoms with van der Waals surface area (Å²) >= 11 is 0. The molecule has 1 aliphatic carbocycles. The Bertz CT molecular complexity index is 170. The molecule has 16 heavy (non-hydrogen) atoms. The van der Waals surface area contributed by atoms with E-state index in [0.717, 1.165) is 25.2 Å². The fraction of sp³-hybridized carbons (Fsp3) is 1.00. The summed E-state index contributed by atoms with van der Waals surface area (Å²) in [6.45, 7) is 3.16. The molecule has 94 valence electrons. The highest BCUT2D eigenvalue weighted by Gasteiger charge is 2.16. The highest BCUT2D eigenvalue weighted by Crippen LogP contribution is 2.18. The van der Waals surface area contributed by atoms with Crippen molar-refractivity contribution >= 4 is 0 Å². The van der Waals surface area contributed by atoms with Gasteiger partial charge in [0.05, 0.1) is 6.61 Å². The Balaban J connectivity index is 1.62. The molecule has 2 aliphatic rings. The Morgan fingerprint density at radius 1 is 0.875 bits per heavy atom. The SMILES string of the molecule is C1CCCC(NCC2CCCOC2)CCC1. The Morgan fingerprint density at radius 2 is 1.62 bits per heavy atom. The first-order valence-electron chi connectivity index (χ1n) is 7.26. The van der Waals surface area contributed by atoms with Crippen LogP contribution in [0, 0.1) is 5.92 Å². The van der Waals surface area contributed by atoms with E-state index >= 15 is 0 Å². The van der Waals surface area contributed by atoms with Gasteiger partial charge in [-0.15, -0.1) is 0 Å². The van der Waals surface area contributed by atoms with Crippen LogP contribution in [0.1, 0.15) is 57.8 Å². The first-order chi connectivity index (χ1) is 7.95. The molecular formula is C14H27NO. The number of hydrogen-bond donors (Lipinski definition) is 1. The highest BCUT2D eigenvalue weighted by molar-refractivity contribution is 4.73. The van der Waals surface area contributed by atoms with Crippen molar-refractivity contribution < 1.29 is 4.74 Å². The Labute approximate surface area is 100 Å². The smallest absolute Gasteiger partial charge is 0.0506 e. The lowest BCUT2D eigenvalue weighted by atomic mass is 9.95. The Hall–Kier alpha value is -0.0800. The molecule has 0 aromatic carbocycles. The van der Waals surface area contributed by atoms with E-state index in [9.17, 15) is 0 Å². The molecule has 1 atom stereocenters. The molecule has 1 aliphatic heterocycles. The fourth-order valence-corrected chi connectivity index (χ4v) is 2.96. The van der Waals surface area contributed by atoms with Gasteiger partial charge in [-0.2, -0.15) is 0 Å². The average molecular weight is 225 g/mol. The molecule has 1 saturated heterocycles. The first-order valence-corrected chi connectivity index (χ1v) is 7.26. The van der Waals surface area contributed by atoms with Crippen molar-refractivity contribution in [1.82, 2.24) is 5.32 Å². The standard InChI is InChI=1S/C14H27NO/c1-2-4-8-14(9-5-3-1)15-11-13-7-6-10-16-12-13/h13-15H,1-12H2. The molecule has 2 nitrogen and oxygen atoms in total. The zero-order valence-corrected chi connectivity index (χ0v) is 10.5. The second kappa shape index (κ2) is 7.29. The van der Waals surface area contributed by atoms with Crippen LogP contribution in [0.15, 0.2) is 0 Å². The maximum Gasteiger partial charge on any atom is 0.0506 e. The molecule has 1 unspecified atom stereocenters. The lowest BCUT2D eigenvalue weighted by Crippen LogP contribution is -2.36. The molecule has 0 radical (unpaired) electrons. The summed E-state index contributed by atoms with van der Waals surface area (Å²) < 4.78 is 5.53. The molecule has 1 heterocycles. The Kier molecular flexibility index (Phi) is 5.64. The largest absolute Gasteiger partial charge is 0.381 e. The number of ether oxygens (including phenoxy) is 1. The van der Waals surface area contributed by atoms with Crippen molar-refractivity contribution in [3.8, 4) is 0 Å². The molecule has 2 fully saturated rings. The predicted octanol–water partition coefficient (Wildman–Crippen LogP) is 3.12. The third kappa shape index (κ3) is 4.42. The molecule has 0 amide bonds. The van der Waals surface area contributed by atoms with Crippen molar-refractivity contribution in [3.05, 3.63) is 0 Å². The topological polar surface area (TPSA) is 21.3 Å². The van der Waals surface area contributed by atoms with Crippen LogP contribution in [0.4, 0.5) is 0 Å². The van der Waals surface area contributed by atoms with E-state index in [1.165, 1.54) is 64.3 Å². The molecule has 2 rings (SSSR count). The Morgan fingerprint density at radius 3 is 2.31 bits per heavy atom. The minimum absolute atomic E-state index is 0.777. The maximum atomic E-state index is 5.53. The van der Waals surface area contributed by atoms with Gasteiger partial charge in [-0.25, -0.2) is 0 Å². The summed E-state index contributed by atoms with van der Waals surface area (Å²) in [5, 5.41) is 3.78.